The first-order chi connectivity index (χ1) is 7.90. The zero-order valence-electron chi connectivity index (χ0n) is 10.9. The lowest BCUT2D eigenvalue weighted by Crippen LogP contribution is -2.36. The molecule has 18 heavy (non-hydrogen) atoms. The maximum absolute atomic E-state index is 11.8. The monoisotopic (exact) mass is 334 g/mol. The van der Waals surface area contributed by atoms with Crippen molar-refractivity contribution >= 4 is 39.9 Å². The first kappa shape index (κ1) is 17.4. The van der Waals surface area contributed by atoms with Crippen LogP contribution in [0.4, 0.5) is 5.69 Å². The number of hydrogen-bond acceptors (Lipinski definition) is 2. The smallest absolute Gasteiger partial charge is 0.241 e. The van der Waals surface area contributed by atoms with Gasteiger partial charge < -0.3 is 11.1 Å². The van der Waals surface area contributed by atoms with Crippen LogP contribution in [-0.2, 0) is 4.79 Å². The fourth-order valence-electron chi connectivity index (χ4n) is 1.61. The molecule has 0 aliphatic rings. The number of anilines is 1. The fourth-order valence-corrected chi connectivity index (χ4v) is 2.08. The van der Waals surface area contributed by atoms with Crippen LogP contribution in [0.25, 0.3) is 0 Å². The van der Waals surface area contributed by atoms with Crippen molar-refractivity contribution in [3.63, 3.8) is 0 Å². The minimum atomic E-state index is -0.446. The lowest BCUT2D eigenvalue weighted by atomic mass is 10.0. The maximum Gasteiger partial charge on any atom is 0.241 e. The summed E-state index contributed by atoms with van der Waals surface area (Å²) in [6, 6.07) is 5.29. The van der Waals surface area contributed by atoms with E-state index in [2.05, 4.69) is 35.1 Å². The number of hydrogen-bond donors (Lipinski definition) is 2. The van der Waals surface area contributed by atoms with E-state index in [0.29, 0.717) is 12.3 Å². The molecule has 0 aliphatic carbocycles. The van der Waals surface area contributed by atoms with Crippen molar-refractivity contribution in [3.05, 3.63) is 28.2 Å². The highest BCUT2D eigenvalue weighted by molar-refractivity contribution is 9.10. The third kappa shape index (κ3) is 5.38. The topological polar surface area (TPSA) is 55.1 Å². The van der Waals surface area contributed by atoms with Gasteiger partial charge in [0.1, 0.15) is 0 Å². The summed E-state index contributed by atoms with van der Waals surface area (Å²) < 4.78 is 1.000. The fraction of sp³-hybridized carbons (Fsp3) is 0.462. The van der Waals surface area contributed by atoms with Crippen LogP contribution in [0.1, 0.15) is 25.8 Å². The molecule has 1 aromatic rings. The summed E-state index contributed by atoms with van der Waals surface area (Å²) in [6.07, 6.45) is 0.696. The van der Waals surface area contributed by atoms with Gasteiger partial charge in [-0.05, 0) is 43.0 Å². The third-order valence-corrected chi connectivity index (χ3v) is 3.00. The molecule has 1 amide bonds. The van der Waals surface area contributed by atoms with Crippen molar-refractivity contribution in [2.24, 2.45) is 11.7 Å². The minimum Gasteiger partial charge on any atom is -0.324 e. The van der Waals surface area contributed by atoms with E-state index in [1.165, 1.54) is 0 Å². The van der Waals surface area contributed by atoms with Crippen molar-refractivity contribution in [3.8, 4) is 0 Å². The van der Waals surface area contributed by atoms with E-state index in [4.69, 9.17) is 5.73 Å². The van der Waals surface area contributed by atoms with E-state index >= 15 is 0 Å². The first-order valence-corrected chi connectivity index (χ1v) is 6.52. The molecule has 3 nitrogen and oxygen atoms in total. The number of halogens is 2. The molecular weight excluding hydrogens is 316 g/mol. The molecule has 3 N–H and O–H groups in total. The summed E-state index contributed by atoms with van der Waals surface area (Å²) in [5, 5.41) is 2.86. The molecule has 0 radical (unpaired) electrons. The molecule has 0 spiro atoms. The number of carbonyl (C=O) groups is 1. The zero-order valence-corrected chi connectivity index (χ0v) is 13.3. The average molecular weight is 336 g/mol. The second kappa shape index (κ2) is 7.77. The molecular formula is C13H20BrClN2O. The van der Waals surface area contributed by atoms with Crippen LogP contribution in [0.2, 0.25) is 0 Å². The van der Waals surface area contributed by atoms with Gasteiger partial charge in [0.15, 0.2) is 0 Å². The number of benzene rings is 1. The number of aryl methyl sites for hydroxylation is 1. The van der Waals surface area contributed by atoms with Crippen LogP contribution in [0, 0.1) is 12.8 Å². The van der Waals surface area contributed by atoms with Crippen molar-refractivity contribution in [1.29, 1.82) is 0 Å². The summed E-state index contributed by atoms with van der Waals surface area (Å²) in [5.41, 5.74) is 7.66. The second-order valence-corrected chi connectivity index (χ2v) is 5.60. The van der Waals surface area contributed by atoms with E-state index in [1.807, 2.05) is 25.1 Å². The normalized spacial score (nSPS) is 11.9. The molecule has 0 bridgehead atoms. The van der Waals surface area contributed by atoms with Crippen molar-refractivity contribution in [2.75, 3.05) is 5.32 Å². The zero-order chi connectivity index (χ0) is 13.0. The van der Waals surface area contributed by atoms with Crippen LogP contribution >= 0.6 is 28.3 Å². The van der Waals surface area contributed by atoms with Crippen LogP contribution in [-0.4, -0.2) is 11.9 Å². The highest BCUT2D eigenvalue weighted by Crippen LogP contribution is 2.20. The Balaban J connectivity index is 0.00000289. The molecule has 0 aliphatic heterocycles. The molecule has 1 atom stereocenters. The number of rotatable bonds is 4. The van der Waals surface area contributed by atoms with E-state index in [1.54, 1.807) is 0 Å². The van der Waals surface area contributed by atoms with Crippen LogP contribution < -0.4 is 11.1 Å². The Bertz CT molecular complexity index is 410. The summed E-state index contributed by atoms with van der Waals surface area (Å²) in [5.74, 6) is 0.297. The van der Waals surface area contributed by atoms with Crippen molar-refractivity contribution < 1.29 is 4.79 Å². The van der Waals surface area contributed by atoms with Gasteiger partial charge in [0.25, 0.3) is 0 Å². The largest absolute Gasteiger partial charge is 0.324 e. The van der Waals surface area contributed by atoms with E-state index in [0.717, 1.165) is 15.7 Å². The first-order valence-electron chi connectivity index (χ1n) is 5.72. The van der Waals surface area contributed by atoms with Gasteiger partial charge >= 0.3 is 0 Å². The van der Waals surface area contributed by atoms with Crippen LogP contribution in [0.15, 0.2) is 22.7 Å². The standard InChI is InChI=1S/C13H19BrN2O.ClH/c1-8(2)6-11(15)13(17)16-12-5-4-10(14)7-9(12)3;/h4-5,7-8,11H,6,15H2,1-3H3,(H,16,17);1H/t11-;/m0./s1. The summed E-state index contributed by atoms with van der Waals surface area (Å²) in [4.78, 5) is 11.8. The quantitative estimate of drug-likeness (QED) is 0.885. The third-order valence-electron chi connectivity index (χ3n) is 2.51. The molecule has 0 unspecified atom stereocenters. The van der Waals surface area contributed by atoms with Gasteiger partial charge in [-0.15, -0.1) is 12.4 Å². The van der Waals surface area contributed by atoms with Gasteiger partial charge in [0.2, 0.25) is 5.91 Å². The van der Waals surface area contributed by atoms with E-state index in [9.17, 15) is 4.79 Å². The van der Waals surface area contributed by atoms with Gasteiger partial charge in [-0.3, -0.25) is 4.79 Å². The highest BCUT2D eigenvalue weighted by Gasteiger charge is 2.15. The Morgan fingerprint density at radius 1 is 1.44 bits per heavy atom. The minimum absolute atomic E-state index is 0. The number of carbonyl (C=O) groups excluding carboxylic acids is 1. The predicted molar refractivity (Wildman–Crippen MR) is 82.2 cm³/mol. The van der Waals surface area contributed by atoms with Crippen LogP contribution in [0.3, 0.4) is 0 Å². The molecule has 1 aromatic carbocycles. The maximum atomic E-state index is 11.8. The van der Waals surface area contributed by atoms with Crippen molar-refractivity contribution in [1.82, 2.24) is 0 Å². The van der Waals surface area contributed by atoms with E-state index in [-0.39, 0.29) is 18.3 Å². The Morgan fingerprint density at radius 2 is 2.06 bits per heavy atom. The molecule has 0 saturated heterocycles. The predicted octanol–water partition coefficient (Wildman–Crippen LogP) is 3.49. The molecule has 102 valence electrons. The van der Waals surface area contributed by atoms with Crippen molar-refractivity contribution in [2.45, 2.75) is 33.2 Å². The Hall–Kier alpha value is -0.580. The number of nitrogens with one attached hydrogen (secondary N) is 1. The SMILES string of the molecule is Cc1cc(Br)ccc1NC(=O)[C@@H](N)CC(C)C.Cl. The molecule has 0 heterocycles. The molecule has 0 fully saturated rings. The Kier molecular flexibility index (Phi) is 7.52. The van der Waals surface area contributed by atoms with Gasteiger partial charge in [-0.25, -0.2) is 0 Å². The lowest BCUT2D eigenvalue weighted by Gasteiger charge is -2.15. The lowest BCUT2D eigenvalue weighted by molar-refractivity contribution is -0.117. The van der Waals surface area contributed by atoms with Gasteiger partial charge in [0, 0.05) is 10.2 Å². The highest BCUT2D eigenvalue weighted by atomic mass is 79.9. The van der Waals surface area contributed by atoms with Gasteiger partial charge in [0.05, 0.1) is 6.04 Å². The number of amides is 1. The van der Waals surface area contributed by atoms with E-state index < -0.39 is 6.04 Å². The van der Waals surface area contributed by atoms with Gasteiger partial charge in [-0.1, -0.05) is 29.8 Å². The molecule has 5 heteroatoms. The Morgan fingerprint density at radius 3 is 2.56 bits per heavy atom. The molecule has 0 saturated carbocycles. The average Bonchev–Trinajstić information content (AvgIpc) is 2.21. The second-order valence-electron chi connectivity index (χ2n) is 4.68. The van der Waals surface area contributed by atoms with Crippen LogP contribution in [0.5, 0.6) is 0 Å². The number of nitrogens with two attached hydrogens (primary N) is 1. The summed E-state index contributed by atoms with van der Waals surface area (Å²) in [7, 11) is 0. The molecule has 0 aromatic heterocycles. The van der Waals surface area contributed by atoms with Gasteiger partial charge in [-0.2, -0.15) is 0 Å². The molecule has 1 rings (SSSR count). The Labute approximate surface area is 123 Å². The summed E-state index contributed by atoms with van der Waals surface area (Å²) >= 11 is 3.39. The summed E-state index contributed by atoms with van der Waals surface area (Å²) in [6.45, 7) is 6.06.